The molecule has 0 atom stereocenters. The van der Waals surface area contributed by atoms with Crippen LogP contribution in [0.4, 0.5) is 5.69 Å². The van der Waals surface area contributed by atoms with Gasteiger partial charge in [0.1, 0.15) is 0 Å². The number of anilines is 1. The molecular weight excluding hydrogens is 242 g/mol. The molecule has 0 amide bonds. The van der Waals surface area contributed by atoms with E-state index in [-0.39, 0.29) is 0 Å². The zero-order valence-corrected chi connectivity index (χ0v) is 10.9. The molecule has 1 aromatic carbocycles. The lowest BCUT2D eigenvalue weighted by atomic mass is 10.1. The maximum absolute atomic E-state index is 11.2. The molecule has 0 saturated carbocycles. The van der Waals surface area contributed by atoms with E-state index in [1.54, 1.807) is 0 Å². The Morgan fingerprint density at radius 1 is 1.38 bits per heavy atom. The molecule has 1 aliphatic heterocycles. The summed E-state index contributed by atoms with van der Waals surface area (Å²) in [7, 11) is -0.595. The molecule has 1 fully saturated rings. The second-order valence-electron chi connectivity index (χ2n) is 4.18. The number of hydrogen-bond donors (Lipinski definition) is 1. The zero-order chi connectivity index (χ0) is 11.5. The van der Waals surface area contributed by atoms with Gasteiger partial charge in [0.2, 0.25) is 0 Å². The highest BCUT2D eigenvalue weighted by molar-refractivity contribution is 7.85. The van der Waals surface area contributed by atoms with Crippen molar-refractivity contribution in [2.24, 2.45) is 0 Å². The van der Waals surface area contributed by atoms with Crippen molar-refractivity contribution in [3.63, 3.8) is 0 Å². The fourth-order valence-corrected chi connectivity index (χ4v) is 3.40. The van der Waals surface area contributed by atoms with E-state index in [4.69, 9.17) is 11.6 Å². The van der Waals surface area contributed by atoms with Crippen LogP contribution in [0.25, 0.3) is 0 Å². The lowest BCUT2D eigenvalue weighted by Crippen LogP contribution is -2.29. The van der Waals surface area contributed by atoms with Crippen LogP contribution in [0.3, 0.4) is 0 Å². The van der Waals surface area contributed by atoms with E-state index in [9.17, 15) is 4.21 Å². The van der Waals surface area contributed by atoms with Crippen LogP contribution in [0, 0.1) is 6.92 Å². The first-order chi connectivity index (χ1) is 7.66. The third kappa shape index (κ3) is 2.77. The molecule has 1 N–H and O–H groups in total. The van der Waals surface area contributed by atoms with Gasteiger partial charge in [0, 0.05) is 39.1 Å². The van der Waals surface area contributed by atoms with Gasteiger partial charge in [0.25, 0.3) is 0 Å². The van der Waals surface area contributed by atoms with E-state index in [1.807, 2.05) is 25.1 Å². The van der Waals surface area contributed by atoms with Gasteiger partial charge in [0.15, 0.2) is 0 Å². The van der Waals surface area contributed by atoms with Gasteiger partial charge in [-0.25, -0.2) is 0 Å². The smallest absolute Gasteiger partial charge is 0.0455 e. The van der Waals surface area contributed by atoms with Gasteiger partial charge in [-0.1, -0.05) is 17.7 Å². The van der Waals surface area contributed by atoms with Crippen LogP contribution in [0.2, 0.25) is 5.02 Å². The van der Waals surface area contributed by atoms with Crippen LogP contribution >= 0.6 is 11.6 Å². The van der Waals surface area contributed by atoms with Crippen LogP contribution in [-0.2, 0) is 10.8 Å². The monoisotopic (exact) mass is 257 g/mol. The molecule has 0 aliphatic carbocycles. The molecule has 1 heterocycles. The summed E-state index contributed by atoms with van der Waals surface area (Å²) in [4.78, 5) is 0. The van der Waals surface area contributed by atoms with Gasteiger partial charge in [-0.15, -0.1) is 0 Å². The Labute approximate surface area is 104 Å². The summed E-state index contributed by atoms with van der Waals surface area (Å²) >= 11 is 6.07. The van der Waals surface area contributed by atoms with Gasteiger partial charge in [-0.2, -0.15) is 0 Å². The van der Waals surface area contributed by atoms with Crippen molar-refractivity contribution in [2.75, 3.05) is 16.8 Å². The highest BCUT2D eigenvalue weighted by Crippen LogP contribution is 2.25. The standard InChI is InChI=1S/C12H16ClNOS/c1-9-11(13)3-2-4-12(9)14-10-5-7-16(15)8-6-10/h2-4,10,14H,5-8H2,1H3. The Balaban J connectivity index is 2.04. The molecule has 1 saturated heterocycles. The largest absolute Gasteiger partial charge is 0.382 e. The number of halogens is 1. The average Bonchev–Trinajstić information content (AvgIpc) is 2.28. The molecule has 0 unspecified atom stereocenters. The SMILES string of the molecule is Cc1c(Cl)cccc1NC1CCS(=O)CC1. The van der Waals surface area contributed by atoms with E-state index in [0.29, 0.717) is 6.04 Å². The number of hydrogen-bond acceptors (Lipinski definition) is 2. The lowest BCUT2D eigenvalue weighted by Gasteiger charge is -2.24. The normalized spacial score (nSPS) is 25.4. The number of rotatable bonds is 2. The summed E-state index contributed by atoms with van der Waals surface area (Å²) < 4.78 is 11.2. The fourth-order valence-electron chi connectivity index (χ4n) is 1.92. The molecule has 2 nitrogen and oxygen atoms in total. The van der Waals surface area contributed by atoms with Gasteiger partial charge in [0.05, 0.1) is 0 Å². The molecule has 16 heavy (non-hydrogen) atoms. The fraction of sp³-hybridized carbons (Fsp3) is 0.500. The van der Waals surface area contributed by atoms with Gasteiger partial charge in [-0.05, 0) is 37.5 Å². The van der Waals surface area contributed by atoms with Gasteiger partial charge in [-0.3, -0.25) is 4.21 Å². The minimum atomic E-state index is -0.595. The van der Waals surface area contributed by atoms with E-state index >= 15 is 0 Å². The Hall–Kier alpha value is -0.540. The summed E-state index contributed by atoms with van der Waals surface area (Å²) in [5.74, 6) is 1.63. The number of benzene rings is 1. The summed E-state index contributed by atoms with van der Waals surface area (Å²) in [6.45, 7) is 2.02. The van der Waals surface area contributed by atoms with Gasteiger partial charge < -0.3 is 5.32 Å². The lowest BCUT2D eigenvalue weighted by molar-refractivity contribution is 0.624. The Morgan fingerprint density at radius 2 is 2.06 bits per heavy atom. The second-order valence-corrected chi connectivity index (χ2v) is 6.28. The van der Waals surface area contributed by atoms with E-state index < -0.39 is 10.8 Å². The molecule has 2 rings (SSSR count). The first-order valence-corrected chi connectivity index (χ1v) is 7.40. The third-order valence-electron chi connectivity index (χ3n) is 3.02. The predicted octanol–water partition coefficient (Wildman–Crippen LogP) is 2.97. The maximum Gasteiger partial charge on any atom is 0.0455 e. The van der Waals surface area contributed by atoms with E-state index in [0.717, 1.165) is 40.6 Å². The molecule has 1 aromatic rings. The van der Waals surface area contributed by atoms with E-state index in [2.05, 4.69) is 5.32 Å². The first-order valence-electron chi connectivity index (χ1n) is 5.53. The Morgan fingerprint density at radius 3 is 2.75 bits per heavy atom. The molecule has 88 valence electrons. The molecule has 4 heteroatoms. The predicted molar refractivity (Wildman–Crippen MR) is 70.7 cm³/mol. The molecule has 1 aliphatic rings. The summed E-state index contributed by atoms with van der Waals surface area (Å²) in [6.07, 6.45) is 1.97. The minimum absolute atomic E-state index is 0.440. The van der Waals surface area contributed by atoms with Crippen molar-refractivity contribution in [3.8, 4) is 0 Å². The topological polar surface area (TPSA) is 29.1 Å². The van der Waals surface area contributed by atoms with Crippen molar-refractivity contribution in [3.05, 3.63) is 28.8 Å². The van der Waals surface area contributed by atoms with Crippen LogP contribution in [0.1, 0.15) is 18.4 Å². The maximum atomic E-state index is 11.2. The molecule has 0 aromatic heterocycles. The second kappa shape index (κ2) is 5.19. The van der Waals surface area contributed by atoms with Crippen molar-refractivity contribution in [1.29, 1.82) is 0 Å². The first kappa shape index (κ1) is 11.9. The van der Waals surface area contributed by atoms with Crippen LogP contribution < -0.4 is 5.32 Å². The zero-order valence-electron chi connectivity index (χ0n) is 9.33. The Bertz CT molecular complexity index is 398. The van der Waals surface area contributed by atoms with Crippen LogP contribution in [0.15, 0.2) is 18.2 Å². The molecule has 0 spiro atoms. The molecule has 0 bridgehead atoms. The third-order valence-corrected chi connectivity index (χ3v) is 4.81. The molecule has 0 radical (unpaired) electrons. The highest BCUT2D eigenvalue weighted by Gasteiger charge is 2.18. The molecular formula is C12H16ClNOS. The van der Waals surface area contributed by atoms with Crippen molar-refractivity contribution >= 4 is 28.1 Å². The van der Waals surface area contributed by atoms with Crippen molar-refractivity contribution in [2.45, 2.75) is 25.8 Å². The summed E-state index contributed by atoms with van der Waals surface area (Å²) in [6, 6.07) is 6.35. The minimum Gasteiger partial charge on any atom is -0.382 e. The summed E-state index contributed by atoms with van der Waals surface area (Å²) in [5.41, 5.74) is 2.20. The van der Waals surface area contributed by atoms with Crippen molar-refractivity contribution < 1.29 is 4.21 Å². The quantitative estimate of drug-likeness (QED) is 0.883. The van der Waals surface area contributed by atoms with E-state index in [1.165, 1.54) is 0 Å². The average molecular weight is 258 g/mol. The highest BCUT2D eigenvalue weighted by atomic mass is 35.5. The van der Waals surface area contributed by atoms with Crippen molar-refractivity contribution in [1.82, 2.24) is 0 Å². The number of nitrogens with one attached hydrogen (secondary N) is 1. The summed E-state index contributed by atoms with van der Waals surface area (Å²) in [5, 5.41) is 4.29. The van der Waals surface area contributed by atoms with Crippen LogP contribution in [0.5, 0.6) is 0 Å². The Kier molecular flexibility index (Phi) is 3.87. The van der Waals surface area contributed by atoms with Crippen LogP contribution in [-0.4, -0.2) is 21.8 Å². The van der Waals surface area contributed by atoms with Gasteiger partial charge >= 0.3 is 0 Å².